The van der Waals surface area contributed by atoms with Crippen molar-refractivity contribution in [1.82, 2.24) is 0 Å². The molecule has 0 heterocycles. The van der Waals surface area contributed by atoms with Crippen LogP contribution in [0.15, 0.2) is 42.5 Å². The second-order valence-corrected chi connectivity index (χ2v) is 5.05. The summed E-state index contributed by atoms with van der Waals surface area (Å²) < 4.78 is 13.0. The van der Waals surface area contributed by atoms with Crippen molar-refractivity contribution < 1.29 is 9.18 Å². The quantitative estimate of drug-likeness (QED) is 0.802. The monoisotopic (exact) mass is 311 g/mol. The van der Waals surface area contributed by atoms with Crippen LogP contribution < -0.4 is 5.32 Å². The van der Waals surface area contributed by atoms with E-state index in [0.717, 1.165) is 0 Å². The van der Waals surface area contributed by atoms with E-state index in [9.17, 15) is 9.18 Å². The Labute approximate surface area is 126 Å². The number of rotatable bonds is 5. The summed E-state index contributed by atoms with van der Waals surface area (Å²) in [6, 6.07) is 10.9. The lowest BCUT2D eigenvalue weighted by Crippen LogP contribution is -2.09. The lowest BCUT2D eigenvalue weighted by molar-refractivity contribution is 0.0986. The molecule has 2 aromatic rings. The van der Waals surface area contributed by atoms with Crippen molar-refractivity contribution in [3.05, 3.63) is 63.9 Å². The highest BCUT2D eigenvalue weighted by molar-refractivity contribution is 6.42. The molecule has 0 saturated carbocycles. The van der Waals surface area contributed by atoms with Crippen molar-refractivity contribution in [2.45, 2.75) is 6.42 Å². The zero-order chi connectivity index (χ0) is 14.5. The molecule has 1 N–H and O–H groups in total. The van der Waals surface area contributed by atoms with Crippen LogP contribution in [0.5, 0.6) is 0 Å². The number of nitrogens with one attached hydrogen (secondary N) is 1. The molecule has 0 fully saturated rings. The number of anilines is 1. The van der Waals surface area contributed by atoms with Crippen molar-refractivity contribution in [2.75, 3.05) is 11.9 Å². The predicted octanol–water partition coefficient (Wildman–Crippen LogP) is 4.82. The minimum atomic E-state index is -0.314. The molecule has 0 spiro atoms. The third-order valence-corrected chi connectivity index (χ3v) is 3.49. The van der Waals surface area contributed by atoms with E-state index < -0.39 is 0 Å². The standard InChI is InChI=1S/C15H12Cl2FNO/c16-13-5-4-10(8-14(13)17)15(20)6-7-19-12-3-1-2-11(18)9-12/h1-5,8-9,19H,6-7H2. The number of carbonyl (C=O) groups is 1. The Balaban J connectivity index is 1.90. The van der Waals surface area contributed by atoms with E-state index in [4.69, 9.17) is 23.2 Å². The Hall–Kier alpha value is -1.58. The summed E-state index contributed by atoms with van der Waals surface area (Å²) >= 11 is 11.7. The van der Waals surface area contributed by atoms with Crippen LogP contribution in [-0.2, 0) is 0 Å². The molecule has 0 aliphatic heterocycles. The van der Waals surface area contributed by atoms with E-state index in [1.807, 2.05) is 0 Å². The number of ketones is 1. The molecular weight excluding hydrogens is 300 g/mol. The zero-order valence-corrected chi connectivity index (χ0v) is 12.0. The highest BCUT2D eigenvalue weighted by atomic mass is 35.5. The predicted molar refractivity (Wildman–Crippen MR) is 80.3 cm³/mol. The van der Waals surface area contributed by atoms with Gasteiger partial charge in [-0.25, -0.2) is 4.39 Å². The lowest BCUT2D eigenvalue weighted by Gasteiger charge is -2.06. The highest BCUT2D eigenvalue weighted by Gasteiger charge is 2.08. The van der Waals surface area contributed by atoms with Crippen molar-refractivity contribution in [3.63, 3.8) is 0 Å². The van der Waals surface area contributed by atoms with Gasteiger partial charge in [-0.05, 0) is 36.4 Å². The number of carbonyl (C=O) groups excluding carboxylic acids is 1. The molecule has 0 bridgehead atoms. The van der Waals surface area contributed by atoms with Crippen molar-refractivity contribution in [3.8, 4) is 0 Å². The molecule has 5 heteroatoms. The smallest absolute Gasteiger partial charge is 0.164 e. The number of hydrogen-bond donors (Lipinski definition) is 1. The maximum absolute atomic E-state index is 13.0. The van der Waals surface area contributed by atoms with Gasteiger partial charge < -0.3 is 5.32 Å². The fourth-order valence-corrected chi connectivity index (χ4v) is 2.03. The molecule has 0 aliphatic rings. The molecule has 0 aromatic heterocycles. The molecule has 2 aromatic carbocycles. The van der Waals surface area contributed by atoms with Crippen LogP contribution in [0.3, 0.4) is 0 Å². The molecule has 2 rings (SSSR count). The van der Waals surface area contributed by atoms with Gasteiger partial charge in [-0.3, -0.25) is 4.79 Å². The van der Waals surface area contributed by atoms with Crippen LogP contribution in [-0.4, -0.2) is 12.3 Å². The van der Waals surface area contributed by atoms with Gasteiger partial charge in [0.15, 0.2) is 5.78 Å². The molecule has 0 atom stereocenters. The summed E-state index contributed by atoms with van der Waals surface area (Å²) in [6.07, 6.45) is 0.286. The van der Waals surface area contributed by atoms with E-state index in [0.29, 0.717) is 27.8 Å². The average molecular weight is 312 g/mol. The fraction of sp³-hybridized carbons (Fsp3) is 0.133. The Kier molecular flexibility index (Phi) is 4.99. The Morgan fingerprint density at radius 2 is 1.90 bits per heavy atom. The summed E-state index contributed by atoms with van der Waals surface area (Å²) in [7, 11) is 0. The third kappa shape index (κ3) is 3.95. The van der Waals surface area contributed by atoms with Gasteiger partial charge in [-0.2, -0.15) is 0 Å². The minimum absolute atomic E-state index is 0.0486. The van der Waals surface area contributed by atoms with Gasteiger partial charge in [0.25, 0.3) is 0 Å². The minimum Gasteiger partial charge on any atom is -0.385 e. The van der Waals surface area contributed by atoms with Gasteiger partial charge in [0, 0.05) is 24.2 Å². The number of halogens is 3. The van der Waals surface area contributed by atoms with Crippen molar-refractivity contribution >= 4 is 34.7 Å². The maximum atomic E-state index is 13.0. The second kappa shape index (κ2) is 6.73. The summed E-state index contributed by atoms with van der Waals surface area (Å²) in [6.45, 7) is 0.419. The first-order valence-electron chi connectivity index (χ1n) is 6.04. The van der Waals surface area contributed by atoms with Gasteiger partial charge >= 0.3 is 0 Å². The Bertz CT molecular complexity index is 631. The number of benzene rings is 2. The van der Waals surface area contributed by atoms with E-state index >= 15 is 0 Å². The highest BCUT2D eigenvalue weighted by Crippen LogP contribution is 2.23. The second-order valence-electron chi connectivity index (χ2n) is 4.24. The summed E-state index contributed by atoms with van der Waals surface area (Å²) in [5.41, 5.74) is 1.16. The average Bonchev–Trinajstić information content (AvgIpc) is 2.42. The van der Waals surface area contributed by atoms with Crippen LogP contribution >= 0.6 is 23.2 Å². The van der Waals surface area contributed by atoms with E-state index in [1.54, 1.807) is 30.3 Å². The Morgan fingerprint density at radius 3 is 2.60 bits per heavy atom. The molecule has 2 nitrogen and oxygen atoms in total. The Morgan fingerprint density at radius 1 is 1.10 bits per heavy atom. The van der Waals surface area contributed by atoms with Crippen molar-refractivity contribution in [2.24, 2.45) is 0 Å². The summed E-state index contributed by atoms with van der Waals surface area (Å²) in [5.74, 6) is -0.363. The first-order valence-corrected chi connectivity index (χ1v) is 6.79. The topological polar surface area (TPSA) is 29.1 Å². The van der Waals surface area contributed by atoms with Gasteiger partial charge in [0.05, 0.1) is 10.0 Å². The summed E-state index contributed by atoms with van der Waals surface area (Å²) in [5, 5.41) is 3.77. The van der Waals surface area contributed by atoms with E-state index in [1.165, 1.54) is 12.1 Å². The molecule has 0 aliphatic carbocycles. The van der Waals surface area contributed by atoms with E-state index in [2.05, 4.69) is 5.32 Å². The number of Topliss-reactive ketones (excluding diaryl/α,β-unsaturated/α-hetero) is 1. The molecule has 0 amide bonds. The van der Waals surface area contributed by atoms with E-state index in [-0.39, 0.29) is 18.0 Å². The fourth-order valence-electron chi connectivity index (χ4n) is 1.73. The van der Waals surface area contributed by atoms with Crippen LogP contribution in [0.1, 0.15) is 16.8 Å². The first-order chi connectivity index (χ1) is 9.56. The molecular formula is C15H12Cl2FNO. The molecule has 20 heavy (non-hydrogen) atoms. The lowest BCUT2D eigenvalue weighted by atomic mass is 10.1. The maximum Gasteiger partial charge on any atom is 0.164 e. The van der Waals surface area contributed by atoms with Crippen molar-refractivity contribution in [1.29, 1.82) is 0 Å². The molecule has 104 valence electrons. The molecule has 0 saturated heterocycles. The molecule has 0 unspecified atom stereocenters. The SMILES string of the molecule is O=C(CCNc1cccc(F)c1)c1ccc(Cl)c(Cl)c1. The number of hydrogen-bond acceptors (Lipinski definition) is 2. The van der Waals surface area contributed by atoms with Crippen LogP contribution in [0.2, 0.25) is 10.0 Å². The first kappa shape index (κ1) is 14.8. The summed E-state index contributed by atoms with van der Waals surface area (Å²) in [4.78, 5) is 11.9. The van der Waals surface area contributed by atoms with Gasteiger partial charge in [0.1, 0.15) is 5.82 Å². The largest absolute Gasteiger partial charge is 0.385 e. The van der Waals surface area contributed by atoms with Gasteiger partial charge in [0.2, 0.25) is 0 Å². The van der Waals surface area contributed by atoms with Gasteiger partial charge in [-0.1, -0.05) is 29.3 Å². The zero-order valence-electron chi connectivity index (χ0n) is 10.5. The normalized spacial score (nSPS) is 10.3. The molecule has 0 radical (unpaired) electrons. The van der Waals surface area contributed by atoms with Crippen LogP contribution in [0.25, 0.3) is 0 Å². The third-order valence-electron chi connectivity index (χ3n) is 2.75. The van der Waals surface area contributed by atoms with Crippen LogP contribution in [0, 0.1) is 5.82 Å². The van der Waals surface area contributed by atoms with Gasteiger partial charge in [-0.15, -0.1) is 0 Å². The van der Waals surface area contributed by atoms with Crippen LogP contribution in [0.4, 0.5) is 10.1 Å².